The van der Waals surface area contributed by atoms with Gasteiger partial charge in [-0.05, 0) is 77.9 Å². The van der Waals surface area contributed by atoms with E-state index in [1.165, 1.54) is 20.1 Å². The predicted octanol–water partition coefficient (Wildman–Crippen LogP) is 5.07. The fraction of sp³-hybridized carbons (Fsp3) is 0.167. The fourth-order valence-corrected chi connectivity index (χ4v) is 2.81. The van der Waals surface area contributed by atoms with Gasteiger partial charge in [-0.2, -0.15) is 0 Å². The van der Waals surface area contributed by atoms with Gasteiger partial charge < -0.3 is 5.32 Å². The van der Waals surface area contributed by atoms with Gasteiger partial charge in [0, 0.05) is 26.9 Å². The first-order chi connectivity index (χ1) is 10.1. The lowest BCUT2D eigenvalue weighted by Crippen LogP contribution is -2.00. The first-order valence-electron chi connectivity index (χ1n) is 6.98. The zero-order chi connectivity index (χ0) is 14.8. The van der Waals surface area contributed by atoms with Crippen LogP contribution in [-0.2, 0) is 6.54 Å². The molecule has 0 fully saturated rings. The van der Waals surface area contributed by atoms with Gasteiger partial charge in [0.05, 0.1) is 5.52 Å². The second-order valence-electron chi connectivity index (χ2n) is 5.30. The lowest BCUT2D eigenvalue weighted by Gasteiger charge is -2.09. The number of hydrogen-bond donors (Lipinski definition) is 1. The second-order valence-corrected chi connectivity index (χ2v) is 6.46. The van der Waals surface area contributed by atoms with Crippen LogP contribution in [0.5, 0.6) is 0 Å². The molecule has 3 heteroatoms. The minimum absolute atomic E-state index is 0.822. The molecule has 21 heavy (non-hydrogen) atoms. The molecule has 0 saturated heterocycles. The third-order valence-corrected chi connectivity index (χ3v) is 4.72. The van der Waals surface area contributed by atoms with Gasteiger partial charge in [-0.1, -0.05) is 18.2 Å². The highest BCUT2D eigenvalue weighted by atomic mass is 127. The standard InChI is InChI=1S/C18H17IN2/c1-12-3-7-16(10-17(12)19)20-11-14-5-8-18-15(9-14)6-4-13(2)21-18/h3-10,20H,11H2,1-2H3. The van der Waals surface area contributed by atoms with E-state index in [2.05, 4.69) is 88.3 Å². The Bertz CT molecular complexity index is 796. The summed E-state index contributed by atoms with van der Waals surface area (Å²) in [7, 11) is 0. The Hall–Kier alpha value is -1.62. The van der Waals surface area contributed by atoms with Gasteiger partial charge in [-0.3, -0.25) is 4.98 Å². The van der Waals surface area contributed by atoms with E-state index in [-0.39, 0.29) is 0 Å². The summed E-state index contributed by atoms with van der Waals surface area (Å²) in [4.78, 5) is 4.53. The molecule has 2 nitrogen and oxygen atoms in total. The van der Waals surface area contributed by atoms with Gasteiger partial charge >= 0.3 is 0 Å². The minimum Gasteiger partial charge on any atom is -0.381 e. The van der Waals surface area contributed by atoms with Gasteiger partial charge in [-0.15, -0.1) is 0 Å². The zero-order valence-electron chi connectivity index (χ0n) is 12.2. The molecule has 0 saturated carbocycles. The minimum atomic E-state index is 0.822. The van der Waals surface area contributed by atoms with Crippen molar-refractivity contribution in [3.8, 4) is 0 Å². The number of rotatable bonds is 3. The molecule has 0 spiro atoms. The van der Waals surface area contributed by atoms with Crippen LogP contribution < -0.4 is 5.32 Å². The molecule has 3 aromatic rings. The van der Waals surface area contributed by atoms with E-state index < -0.39 is 0 Å². The van der Waals surface area contributed by atoms with Crippen molar-refractivity contribution in [1.29, 1.82) is 0 Å². The van der Waals surface area contributed by atoms with Crippen LogP contribution >= 0.6 is 22.6 Å². The predicted molar refractivity (Wildman–Crippen MR) is 97.7 cm³/mol. The molecule has 0 aliphatic rings. The lowest BCUT2D eigenvalue weighted by atomic mass is 10.1. The first-order valence-corrected chi connectivity index (χ1v) is 8.06. The number of nitrogens with one attached hydrogen (secondary N) is 1. The Morgan fingerprint density at radius 3 is 2.67 bits per heavy atom. The molecule has 0 bridgehead atoms. The molecule has 0 atom stereocenters. The Morgan fingerprint density at radius 2 is 1.86 bits per heavy atom. The van der Waals surface area contributed by atoms with E-state index in [9.17, 15) is 0 Å². The van der Waals surface area contributed by atoms with Crippen molar-refractivity contribution in [2.75, 3.05) is 5.32 Å². The number of fused-ring (bicyclic) bond motifs is 1. The normalized spacial score (nSPS) is 10.8. The molecule has 106 valence electrons. The molecule has 0 unspecified atom stereocenters. The number of aromatic nitrogens is 1. The summed E-state index contributed by atoms with van der Waals surface area (Å²) in [6, 6.07) is 17.1. The van der Waals surface area contributed by atoms with Crippen LogP contribution in [-0.4, -0.2) is 4.98 Å². The van der Waals surface area contributed by atoms with Gasteiger partial charge in [-0.25, -0.2) is 0 Å². The summed E-state index contributed by atoms with van der Waals surface area (Å²) < 4.78 is 1.29. The molecular weight excluding hydrogens is 371 g/mol. The van der Waals surface area contributed by atoms with Crippen molar-refractivity contribution in [2.45, 2.75) is 20.4 Å². The Kier molecular flexibility index (Phi) is 4.10. The third kappa shape index (κ3) is 3.35. The third-order valence-electron chi connectivity index (χ3n) is 3.56. The summed E-state index contributed by atoms with van der Waals surface area (Å²) >= 11 is 2.37. The van der Waals surface area contributed by atoms with Gasteiger partial charge in [0.2, 0.25) is 0 Å². The van der Waals surface area contributed by atoms with Crippen LogP contribution in [0.3, 0.4) is 0 Å². The van der Waals surface area contributed by atoms with Crippen LogP contribution in [0.25, 0.3) is 10.9 Å². The summed E-state index contributed by atoms with van der Waals surface area (Å²) in [6.45, 7) is 4.97. The van der Waals surface area contributed by atoms with E-state index in [4.69, 9.17) is 0 Å². The average molecular weight is 388 g/mol. The van der Waals surface area contributed by atoms with Crippen molar-refractivity contribution in [1.82, 2.24) is 4.98 Å². The van der Waals surface area contributed by atoms with E-state index in [0.29, 0.717) is 0 Å². The van der Waals surface area contributed by atoms with Crippen LogP contribution in [0, 0.1) is 17.4 Å². The molecule has 0 aliphatic heterocycles. The van der Waals surface area contributed by atoms with Crippen LogP contribution in [0.2, 0.25) is 0 Å². The zero-order valence-corrected chi connectivity index (χ0v) is 14.3. The highest BCUT2D eigenvalue weighted by Gasteiger charge is 2.00. The van der Waals surface area contributed by atoms with Crippen molar-refractivity contribution in [3.63, 3.8) is 0 Å². The van der Waals surface area contributed by atoms with Gasteiger partial charge in [0.25, 0.3) is 0 Å². The maximum atomic E-state index is 4.53. The summed E-state index contributed by atoms with van der Waals surface area (Å²) in [5, 5.41) is 4.67. The number of nitrogens with zero attached hydrogens (tertiary/aromatic N) is 1. The molecule has 3 rings (SSSR count). The number of anilines is 1. The van der Waals surface area contributed by atoms with Crippen LogP contribution in [0.1, 0.15) is 16.8 Å². The number of halogens is 1. The molecular formula is C18H17IN2. The van der Waals surface area contributed by atoms with Crippen molar-refractivity contribution in [2.24, 2.45) is 0 Å². The summed E-state index contributed by atoms with van der Waals surface area (Å²) in [6.07, 6.45) is 0. The number of hydrogen-bond acceptors (Lipinski definition) is 2. The maximum Gasteiger partial charge on any atom is 0.0705 e. The Labute approximate surface area is 138 Å². The topological polar surface area (TPSA) is 24.9 Å². The van der Waals surface area contributed by atoms with Crippen LogP contribution in [0.4, 0.5) is 5.69 Å². The maximum absolute atomic E-state index is 4.53. The van der Waals surface area contributed by atoms with Gasteiger partial charge in [0.15, 0.2) is 0 Å². The van der Waals surface area contributed by atoms with E-state index in [1.54, 1.807) is 0 Å². The van der Waals surface area contributed by atoms with Crippen molar-refractivity contribution in [3.05, 3.63) is 68.9 Å². The quantitative estimate of drug-likeness (QED) is 0.634. The van der Waals surface area contributed by atoms with E-state index in [0.717, 1.165) is 23.4 Å². The second kappa shape index (κ2) is 6.02. The molecule has 1 aromatic heterocycles. The Balaban J connectivity index is 1.78. The smallest absolute Gasteiger partial charge is 0.0705 e. The fourth-order valence-electron chi connectivity index (χ4n) is 2.29. The highest BCUT2D eigenvalue weighted by molar-refractivity contribution is 14.1. The SMILES string of the molecule is Cc1ccc2cc(CNc3ccc(C)c(I)c3)ccc2n1. The Morgan fingerprint density at radius 1 is 1.00 bits per heavy atom. The monoisotopic (exact) mass is 388 g/mol. The lowest BCUT2D eigenvalue weighted by molar-refractivity contribution is 1.15. The number of benzene rings is 2. The summed E-state index contributed by atoms with van der Waals surface area (Å²) in [5.74, 6) is 0. The molecule has 0 amide bonds. The molecule has 1 N–H and O–H groups in total. The number of pyridine rings is 1. The largest absolute Gasteiger partial charge is 0.381 e. The molecule has 1 heterocycles. The molecule has 0 aliphatic carbocycles. The molecule has 2 aromatic carbocycles. The van der Waals surface area contributed by atoms with Crippen molar-refractivity contribution >= 4 is 39.2 Å². The van der Waals surface area contributed by atoms with Gasteiger partial charge in [0.1, 0.15) is 0 Å². The first kappa shape index (κ1) is 14.3. The summed E-state index contributed by atoms with van der Waals surface area (Å²) in [5.41, 5.74) is 5.86. The van der Waals surface area contributed by atoms with Crippen LogP contribution in [0.15, 0.2) is 48.5 Å². The van der Waals surface area contributed by atoms with Crippen molar-refractivity contribution < 1.29 is 0 Å². The van der Waals surface area contributed by atoms with E-state index in [1.807, 2.05) is 6.92 Å². The number of aryl methyl sites for hydroxylation is 2. The highest BCUT2D eigenvalue weighted by Crippen LogP contribution is 2.19. The average Bonchev–Trinajstić information content (AvgIpc) is 2.48. The molecule has 0 radical (unpaired) electrons. The van der Waals surface area contributed by atoms with E-state index >= 15 is 0 Å².